The molecule has 9 nitrogen and oxygen atoms in total. The van der Waals surface area contributed by atoms with Crippen LogP contribution in [-0.4, -0.2) is 86.6 Å². The van der Waals surface area contributed by atoms with Crippen LogP contribution in [0.15, 0.2) is 12.2 Å². The van der Waals surface area contributed by atoms with Crippen LogP contribution < -0.4 is 0 Å². The molecule has 0 aliphatic carbocycles. The first-order valence-electron chi connectivity index (χ1n) is 5.82. The normalized spacial score (nSPS) is 35.4. The van der Waals surface area contributed by atoms with Crippen LogP contribution in [0.5, 0.6) is 0 Å². The molecule has 0 aromatic carbocycles. The fourth-order valence-electron chi connectivity index (χ4n) is 1.59. The number of carbonyl (C=O) groups is 1. The van der Waals surface area contributed by atoms with Gasteiger partial charge in [-0.3, -0.25) is 0 Å². The van der Waals surface area contributed by atoms with E-state index in [0.29, 0.717) is 0 Å². The molecule has 0 amide bonds. The van der Waals surface area contributed by atoms with E-state index in [-0.39, 0.29) is 0 Å². The van der Waals surface area contributed by atoms with Crippen LogP contribution in [0.4, 0.5) is 0 Å². The molecule has 0 radical (unpaired) electrons. The highest BCUT2D eigenvalue weighted by molar-refractivity contribution is 5.88. The summed E-state index contributed by atoms with van der Waals surface area (Å²) in [6, 6.07) is 0. The number of hydrogen-bond acceptors (Lipinski definition) is 9. The van der Waals surface area contributed by atoms with Crippen LogP contribution in [0.1, 0.15) is 0 Å². The average Bonchev–Trinajstić information content (AvgIpc) is 2.45. The molecule has 0 aromatic heterocycles. The molecule has 1 saturated heterocycles. The summed E-state index contributed by atoms with van der Waals surface area (Å²) in [6.07, 6.45) is -9.41. The standard InChI is InChI=1S/C11H18O9/c1-4(5(14)2-12)10(18)20-11-9(17)8(16)7(15)6(3-13)19-11/h5-9,11-17H,1-3H2/t5?,6-,7-,8-,9-,11-/m1/s1. The molecular formula is C11H18O9. The Kier molecular flexibility index (Phi) is 6.02. The third-order valence-corrected chi connectivity index (χ3v) is 2.91. The minimum absolute atomic E-state index is 0.468. The lowest BCUT2D eigenvalue weighted by atomic mass is 9.99. The number of hydrogen-bond donors (Lipinski definition) is 6. The van der Waals surface area contributed by atoms with E-state index >= 15 is 0 Å². The molecule has 1 fully saturated rings. The molecule has 0 spiro atoms. The number of rotatable bonds is 5. The molecule has 20 heavy (non-hydrogen) atoms. The monoisotopic (exact) mass is 294 g/mol. The van der Waals surface area contributed by atoms with Crippen LogP contribution >= 0.6 is 0 Å². The Bertz CT molecular complexity index is 356. The SMILES string of the molecule is C=C(C(=O)O[C@H]1O[C@H](CO)[C@@H](O)[C@@H](O)[C@H]1O)C(O)CO. The van der Waals surface area contributed by atoms with Crippen molar-refractivity contribution < 1.29 is 44.9 Å². The first kappa shape index (κ1) is 17.0. The van der Waals surface area contributed by atoms with Crippen LogP contribution in [0, 0.1) is 0 Å². The largest absolute Gasteiger partial charge is 0.429 e. The number of ether oxygens (including phenoxy) is 2. The summed E-state index contributed by atoms with van der Waals surface area (Å²) < 4.78 is 9.60. The highest BCUT2D eigenvalue weighted by atomic mass is 16.7. The lowest BCUT2D eigenvalue weighted by Crippen LogP contribution is -2.59. The Balaban J connectivity index is 2.71. The lowest BCUT2D eigenvalue weighted by Gasteiger charge is -2.39. The third-order valence-electron chi connectivity index (χ3n) is 2.91. The number of carbonyl (C=O) groups excluding carboxylic acids is 1. The van der Waals surface area contributed by atoms with Crippen molar-refractivity contribution in [2.75, 3.05) is 13.2 Å². The van der Waals surface area contributed by atoms with Crippen molar-refractivity contribution in [3.63, 3.8) is 0 Å². The zero-order valence-electron chi connectivity index (χ0n) is 10.5. The maximum atomic E-state index is 11.5. The molecule has 1 heterocycles. The second-order valence-corrected chi connectivity index (χ2v) is 4.33. The summed E-state index contributed by atoms with van der Waals surface area (Å²) in [5.74, 6) is -1.16. The highest BCUT2D eigenvalue weighted by Gasteiger charge is 2.45. The van der Waals surface area contributed by atoms with Gasteiger partial charge in [0.05, 0.1) is 18.8 Å². The molecule has 9 heteroatoms. The van der Waals surface area contributed by atoms with Gasteiger partial charge in [0.2, 0.25) is 6.29 Å². The van der Waals surface area contributed by atoms with E-state index in [1.54, 1.807) is 0 Å². The van der Waals surface area contributed by atoms with Gasteiger partial charge >= 0.3 is 5.97 Å². The minimum Gasteiger partial charge on any atom is -0.429 e. The predicted molar refractivity (Wildman–Crippen MR) is 62.1 cm³/mol. The van der Waals surface area contributed by atoms with Gasteiger partial charge in [0, 0.05) is 0 Å². The topological polar surface area (TPSA) is 157 Å². The lowest BCUT2D eigenvalue weighted by molar-refractivity contribution is -0.291. The van der Waals surface area contributed by atoms with Gasteiger partial charge < -0.3 is 40.1 Å². The molecule has 6 atom stereocenters. The van der Waals surface area contributed by atoms with Crippen molar-refractivity contribution in [3.05, 3.63) is 12.2 Å². The van der Waals surface area contributed by atoms with Crippen molar-refractivity contribution in [1.29, 1.82) is 0 Å². The van der Waals surface area contributed by atoms with Crippen LogP contribution in [-0.2, 0) is 14.3 Å². The number of aliphatic hydroxyl groups is 6. The average molecular weight is 294 g/mol. The Hall–Kier alpha value is -1.07. The van der Waals surface area contributed by atoms with Gasteiger partial charge in [-0.05, 0) is 0 Å². The van der Waals surface area contributed by atoms with Crippen molar-refractivity contribution in [2.24, 2.45) is 0 Å². The molecular weight excluding hydrogens is 276 g/mol. The van der Waals surface area contributed by atoms with Gasteiger partial charge in [0.15, 0.2) is 0 Å². The molecule has 0 bridgehead atoms. The third kappa shape index (κ3) is 3.52. The summed E-state index contributed by atoms with van der Waals surface area (Å²) >= 11 is 0. The zero-order chi connectivity index (χ0) is 15.4. The Labute approximate surface area is 114 Å². The predicted octanol–water partition coefficient (Wildman–Crippen LogP) is -3.76. The van der Waals surface area contributed by atoms with E-state index in [2.05, 4.69) is 11.3 Å². The second kappa shape index (κ2) is 7.09. The minimum atomic E-state index is -1.74. The fourth-order valence-corrected chi connectivity index (χ4v) is 1.59. The second-order valence-electron chi connectivity index (χ2n) is 4.33. The summed E-state index contributed by atoms with van der Waals surface area (Å²) in [7, 11) is 0. The quantitative estimate of drug-likeness (QED) is 0.221. The molecule has 1 aliphatic rings. The zero-order valence-corrected chi connectivity index (χ0v) is 10.5. The molecule has 0 saturated carbocycles. The summed E-state index contributed by atoms with van der Waals surface area (Å²) in [5, 5.41) is 55.4. The molecule has 6 N–H and O–H groups in total. The maximum absolute atomic E-state index is 11.5. The Morgan fingerprint density at radius 3 is 2.30 bits per heavy atom. The van der Waals surface area contributed by atoms with Crippen LogP contribution in [0.3, 0.4) is 0 Å². The van der Waals surface area contributed by atoms with Crippen molar-refractivity contribution in [1.82, 2.24) is 0 Å². The summed E-state index contributed by atoms with van der Waals surface area (Å²) in [4.78, 5) is 11.5. The first-order valence-corrected chi connectivity index (χ1v) is 5.82. The maximum Gasteiger partial charge on any atom is 0.338 e. The first-order chi connectivity index (χ1) is 9.33. The van der Waals surface area contributed by atoms with E-state index in [1.807, 2.05) is 0 Å². The van der Waals surface area contributed by atoms with E-state index in [4.69, 9.17) is 14.9 Å². The number of esters is 1. The molecule has 116 valence electrons. The smallest absolute Gasteiger partial charge is 0.338 e. The molecule has 1 aliphatic heterocycles. The van der Waals surface area contributed by atoms with E-state index < -0.39 is 61.6 Å². The van der Waals surface area contributed by atoms with E-state index in [1.165, 1.54) is 0 Å². The van der Waals surface area contributed by atoms with Crippen LogP contribution in [0.25, 0.3) is 0 Å². The molecule has 1 rings (SSSR count). The summed E-state index contributed by atoms with van der Waals surface area (Å²) in [5.41, 5.74) is -0.468. The highest BCUT2D eigenvalue weighted by Crippen LogP contribution is 2.22. The van der Waals surface area contributed by atoms with E-state index in [9.17, 15) is 25.2 Å². The van der Waals surface area contributed by atoms with Crippen molar-refractivity contribution in [2.45, 2.75) is 36.8 Å². The number of aliphatic hydroxyl groups excluding tert-OH is 6. The van der Waals surface area contributed by atoms with Crippen molar-refractivity contribution >= 4 is 5.97 Å². The molecule has 0 aromatic rings. The Morgan fingerprint density at radius 2 is 1.80 bits per heavy atom. The van der Waals surface area contributed by atoms with Gasteiger partial charge in [-0.1, -0.05) is 6.58 Å². The van der Waals surface area contributed by atoms with Gasteiger partial charge in [0.1, 0.15) is 30.5 Å². The fraction of sp³-hybridized carbons (Fsp3) is 0.727. The Morgan fingerprint density at radius 1 is 1.20 bits per heavy atom. The molecule has 1 unspecified atom stereocenters. The van der Waals surface area contributed by atoms with Crippen molar-refractivity contribution in [3.8, 4) is 0 Å². The van der Waals surface area contributed by atoms with E-state index in [0.717, 1.165) is 0 Å². The van der Waals surface area contributed by atoms with Crippen LogP contribution in [0.2, 0.25) is 0 Å². The van der Waals surface area contributed by atoms with Gasteiger partial charge in [0.25, 0.3) is 0 Å². The van der Waals surface area contributed by atoms with Gasteiger partial charge in [-0.15, -0.1) is 0 Å². The van der Waals surface area contributed by atoms with Gasteiger partial charge in [-0.2, -0.15) is 0 Å². The van der Waals surface area contributed by atoms with Gasteiger partial charge in [-0.25, -0.2) is 4.79 Å². The summed E-state index contributed by atoms with van der Waals surface area (Å²) in [6.45, 7) is 1.79.